The van der Waals surface area contributed by atoms with Crippen LogP contribution in [0, 0.1) is 12.3 Å². The fourth-order valence-corrected chi connectivity index (χ4v) is 1.88. The Morgan fingerprint density at radius 3 is 2.85 bits per heavy atom. The van der Waals surface area contributed by atoms with Crippen LogP contribution in [-0.4, -0.2) is 42.2 Å². The molecule has 0 spiro atoms. The quantitative estimate of drug-likeness (QED) is 0.705. The van der Waals surface area contributed by atoms with Gasteiger partial charge in [-0.15, -0.1) is 12.3 Å². The van der Waals surface area contributed by atoms with Crippen molar-refractivity contribution in [2.45, 2.75) is 19.0 Å². The lowest BCUT2D eigenvalue weighted by molar-refractivity contribution is -0.133. The van der Waals surface area contributed by atoms with Crippen molar-refractivity contribution < 1.29 is 14.6 Å². The Balaban J connectivity index is 2.86. The second-order valence-corrected chi connectivity index (χ2v) is 4.31. The number of carbonyl (C=O) groups is 1. The van der Waals surface area contributed by atoms with Gasteiger partial charge in [0.2, 0.25) is 5.91 Å². The molecule has 1 rings (SSSR count). The molecule has 5 heteroatoms. The number of aliphatic hydroxyl groups excluding tert-OH is 1. The summed E-state index contributed by atoms with van der Waals surface area (Å²) in [6.45, 7) is 0.389. The van der Waals surface area contributed by atoms with Crippen molar-refractivity contribution in [3.05, 3.63) is 29.8 Å². The predicted octanol–water partition coefficient (Wildman–Crippen LogP) is 0.367. The van der Waals surface area contributed by atoms with E-state index >= 15 is 0 Å². The van der Waals surface area contributed by atoms with Gasteiger partial charge in [-0.25, -0.2) is 0 Å². The number of methoxy groups -OCH3 is 1. The molecule has 1 aromatic rings. The summed E-state index contributed by atoms with van der Waals surface area (Å²) in [7, 11) is 1.57. The Labute approximate surface area is 119 Å². The highest BCUT2D eigenvalue weighted by Crippen LogP contribution is 2.19. The lowest BCUT2D eigenvalue weighted by atomic mass is 10.1. The zero-order chi connectivity index (χ0) is 15.0. The van der Waals surface area contributed by atoms with Crippen molar-refractivity contribution in [1.29, 1.82) is 0 Å². The maximum absolute atomic E-state index is 12.2. The first kappa shape index (κ1) is 16.0. The highest BCUT2D eigenvalue weighted by Gasteiger charge is 2.21. The van der Waals surface area contributed by atoms with E-state index in [1.165, 1.54) is 4.90 Å². The number of ether oxygens (including phenoxy) is 1. The molecule has 0 fully saturated rings. The monoisotopic (exact) mass is 276 g/mol. The minimum absolute atomic E-state index is 0.135. The van der Waals surface area contributed by atoms with Crippen molar-refractivity contribution in [2.24, 2.45) is 5.73 Å². The number of nitrogens with zero attached hydrogens (tertiary/aromatic N) is 1. The Morgan fingerprint density at radius 1 is 1.55 bits per heavy atom. The average Bonchev–Trinajstić information content (AvgIpc) is 2.46. The molecule has 0 bridgehead atoms. The molecule has 1 aromatic carbocycles. The lowest BCUT2D eigenvalue weighted by Gasteiger charge is -2.25. The molecule has 1 unspecified atom stereocenters. The molecule has 1 atom stereocenters. The highest BCUT2D eigenvalue weighted by atomic mass is 16.5. The first-order chi connectivity index (χ1) is 9.63. The minimum atomic E-state index is -0.749. The fourth-order valence-electron chi connectivity index (χ4n) is 1.88. The topological polar surface area (TPSA) is 75.8 Å². The normalized spacial score (nSPS) is 11.5. The van der Waals surface area contributed by atoms with Crippen LogP contribution in [0.5, 0.6) is 5.75 Å². The average molecular weight is 276 g/mol. The Morgan fingerprint density at radius 2 is 2.25 bits per heavy atom. The number of terminal acetylenes is 1. The molecule has 0 heterocycles. The first-order valence-corrected chi connectivity index (χ1v) is 6.34. The van der Waals surface area contributed by atoms with E-state index < -0.39 is 6.04 Å². The number of nitrogens with two attached hydrogens (primary N) is 1. The van der Waals surface area contributed by atoms with Gasteiger partial charge >= 0.3 is 0 Å². The molecule has 0 radical (unpaired) electrons. The van der Waals surface area contributed by atoms with E-state index in [2.05, 4.69) is 5.92 Å². The molecule has 0 aliphatic rings. The number of rotatable bonds is 7. The largest absolute Gasteiger partial charge is 0.496 e. The van der Waals surface area contributed by atoms with Crippen LogP contribution >= 0.6 is 0 Å². The summed E-state index contributed by atoms with van der Waals surface area (Å²) < 4.78 is 5.25. The van der Waals surface area contributed by atoms with E-state index in [4.69, 9.17) is 22.0 Å². The van der Waals surface area contributed by atoms with E-state index in [9.17, 15) is 4.79 Å². The third-order valence-corrected chi connectivity index (χ3v) is 2.89. The molecule has 0 aromatic heterocycles. The van der Waals surface area contributed by atoms with Gasteiger partial charge in [0.05, 0.1) is 19.8 Å². The van der Waals surface area contributed by atoms with Crippen molar-refractivity contribution in [3.8, 4) is 18.1 Å². The summed E-state index contributed by atoms with van der Waals surface area (Å²) in [4.78, 5) is 13.7. The molecule has 0 aliphatic heterocycles. The van der Waals surface area contributed by atoms with Crippen molar-refractivity contribution in [2.75, 3.05) is 20.3 Å². The fraction of sp³-hybridized carbons (Fsp3) is 0.400. The first-order valence-electron chi connectivity index (χ1n) is 6.34. The molecule has 3 N–H and O–H groups in total. The van der Waals surface area contributed by atoms with Crippen LogP contribution in [0.15, 0.2) is 24.3 Å². The number of hydrogen-bond donors (Lipinski definition) is 2. The third-order valence-electron chi connectivity index (χ3n) is 2.89. The highest BCUT2D eigenvalue weighted by molar-refractivity contribution is 5.82. The van der Waals surface area contributed by atoms with E-state index in [0.29, 0.717) is 12.3 Å². The maximum Gasteiger partial charge on any atom is 0.240 e. The summed E-state index contributed by atoms with van der Waals surface area (Å²) in [5, 5.41) is 9.10. The number of aliphatic hydroxyl groups is 1. The molecule has 20 heavy (non-hydrogen) atoms. The molecule has 5 nitrogen and oxygen atoms in total. The summed E-state index contributed by atoms with van der Waals surface area (Å²) >= 11 is 0. The van der Waals surface area contributed by atoms with Crippen LogP contribution < -0.4 is 10.5 Å². The zero-order valence-corrected chi connectivity index (χ0v) is 11.6. The van der Waals surface area contributed by atoms with Gasteiger partial charge in [-0.2, -0.15) is 0 Å². The predicted molar refractivity (Wildman–Crippen MR) is 76.9 cm³/mol. The minimum Gasteiger partial charge on any atom is -0.496 e. The molecule has 0 saturated carbocycles. The smallest absolute Gasteiger partial charge is 0.240 e. The van der Waals surface area contributed by atoms with Crippen LogP contribution in [0.25, 0.3) is 0 Å². The van der Waals surface area contributed by atoms with Gasteiger partial charge in [0, 0.05) is 25.1 Å². The molecule has 108 valence electrons. The van der Waals surface area contributed by atoms with E-state index in [1.807, 2.05) is 24.3 Å². The molecular formula is C15H20N2O3. The summed E-state index contributed by atoms with van der Waals surface area (Å²) in [6.07, 6.45) is 5.34. The van der Waals surface area contributed by atoms with Gasteiger partial charge in [0.1, 0.15) is 5.75 Å². The molecular weight excluding hydrogens is 256 g/mol. The zero-order valence-electron chi connectivity index (χ0n) is 11.6. The van der Waals surface area contributed by atoms with Crippen LogP contribution in [0.4, 0.5) is 0 Å². The molecule has 1 amide bonds. The van der Waals surface area contributed by atoms with Crippen LogP contribution in [0.3, 0.4) is 0 Å². The van der Waals surface area contributed by atoms with Crippen molar-refractivity contribution in [1.82, 2.24) is 4.90 Å². The number of carbonyl (C=O) groups excluding carboxylic acids is 1. The third kappa shape index (κ3) is 4.26. The van der Waals surface area contributed by atoms with Gasteiger partial charge in [-0.3, -0.25) is 4.79 Å². The Kier molecular flexibility index (Phi) is 6.57. The SMILES string of the molecule is C#CCC(N)C(=O)N(CCO)Cc1ccccc1OC. The Bertz CT molecular complexity index is 482. The van der Waals surface area contributed by atoms with Gasteiger partial charge < -0.3 is 20.5 Å². The Hall–Kier alpha value is -2.03. The molecule has 0 aliphatic carbocycles. The number of para-hydroxylation sites is 1. The molecule has 0 saturated heterocycles. The van der Waals surface area contributed by atoms with Gasteiger partial charge in [-0.05, 0) is 6.07 Å². The number of benzene rings is 1. The summed E-state index contributed by atoms with van der Waals surface area (Å²) in [5.74, 6) is 2.79. The number of amides is 1. The second kappa shape index (κ2) is 8.20. The van der Waals surface area contributed by atoms with Crippen molar-refractivity contribution in [3.63, 3.8) is 0 Å². The van der Waals surface area contributed by atoms with Crippen LogP contribution in [-0.2, 0) is 11.3 Å². The van der Waals surface area contributed by atoms with Crippen molar-refractivity contribution >= 4 is 5.91 Å². The van der Waals surface area contributed by atoms with Gasteiger partial charge in [0.25, 0.3) is 0 Å². The van der Waals surface area contributed by atoms with E-state index in [0.717, 1.165) is 5.56 Å². The standard InChI is InChI=1S/C15H20N2O3/c1-3-6-13(16)15(19)17(9-10-18)11-12-7-4-5-8-14(12)20-2/h1,4-5,7-8,13,18H,6,9-11,16H2,2H3. The summed E-state index contributed by atoms with van der Waals surface area (Å²) in [6, 6.07) is 6.65. The van der Waals surface area contributed by atoms with Crippen LogP contribution in [0.1, 0.15) is 12.0 Å². The van der Waals surface area contributed by atoms with E-state index in [1.54, 1.807) is 7.11 Å². The van der Waals surface area contributed by atoms with Gasteiger partial charge in [0.15, 0.2) is 0 Å². The number of hydrogen-bond acceptors (Lipinski definition) is 4. The lowest BCUT2D eigenvalue weighted by Crippen LogP contribution is -2.44. The maximum atomic E-state index is 12.2. The second-order valence-electron chi connectivity index (χ2n) is 4.31. The van der Waals surface area contributed by atoms with Crippen LogP contribution in [0.2, 0.25) is 0 Å². The summed E-state index contributed by atoms with van der Waals surface area (Å²) in [5.41, 5.74) is 6.59. The van der Waals surface area contributed by atoms with E-state index in [-0.39, 0.29) is 25.5 Å². The van der Waals surface area contributed by atoms with Gasteiger partial charge in [-0.1, -0.05) is 18.2 Å².